The van der Waals surface area contributed by atoms with Gasteiger partial charge in [-0.05, 0) is 18.6 Å². The van der Waals surface area contributed by atoms with Crippen LogP contribution in [0.15, 0.2) is 12.1 Å². The summed E-state index contributed by atoms with van der Waals surface area (Å²) in [5.74, 6) is -1.10. The van der Waals surface area contributed by atoms with Gasteiger partial charge in [0.05, 0.1) is 27.1 Å². The van der Waals surface area contributed by atoms with Gasteiger partial charge in [-0.2, -0.15) is 5.10 Å². The molecule has 0 saturated heterocycles. The molecule has 21 heavy (non-hydrogen) atoms. The zero-order chi connectivity index (χ0) is 15.7. The summed E-state index contributed by atoms with van der Waals surface area (Å²) in [4.78, 5) is 12.3. The standard InChI is InChI=1S/C13H13Cl2FN4O/c1-3-9-10(17)12(20(2)19-9)13(21)18-11-7(14)4-6(16)5-8(11)15/h4-5H,3,17H2,1-2H3,(H,18,21). The Labute approximate surface area is 130 Å². The molecule has 0 aliphatic heterocycles. The Balaban J connectivity index is 2.37. The summed E-state index contributed by atoms with van der Waals surface area (Å²) in [7, 11) is 1.61. The van der Waals surface area contributed by atoms with Crippen molar-refractivity contribution in [1.29, 1.82) is 0 Å². The van der Waals surface area contributed by atoms with Gasteiger partial charge < -0.3 is 11.1 Å². The summed E-state index contributed by atoms with van der Waals surface area (Å²) in [5, 5.41) is 6.69. The number of carbonyl (C=O) groups is 1. The Bertz CT molecular complexity index is 691. The Morgan fingerprint density at radius 2 is 2.00 bits per heavy atom. The Morgan fingerprint density at radius 3 is 2.48 bits per heavy atom. The first-order valence-corrected chi connectivity index (χ1v) is 6.88. The van der Waals surface area contributed by atoms with Crippen LogP contribution < -0.4 is 11.1 Å². The highest BCUT2D eigenvalue weighted by molar-refractivity contribution is 6.40. The van der Waals surface area contributed by atoms with Gasteiger partial charge in [0.15, 0.2) is 0 Å². The van der Waals surface area contributed by atoms with E-state index in [0.29, 0.717) is 17.8 Å². The summed E-state index contributed by atoms with van der Waals surface area (Å²) < 4.78 is 14.5. The zero-order valence-electron chi connectivity index (χ0n) is 11.4. The summed E-state index contributed by atoms with van der Waals surface area (Å²) in [6, 6.07) is 2.13. The molecule has 1 aromatic carbocycles. The van der Waals surface area contributed by atoms with Gasteiger partial charge in [0.2, 0.25) is 0 Å². The van der Waals surface area contributed by atoms with E-state index >= 15 is 0 Å². The minimum absolute atomic E-state index is 0.00445. The quantitative estimate of drug-likeness (QED) is 0.907. The van der Waals surface area contributed by atoms with Crippen molar-refractivity contribution >= 4 is 40.5 Å². The highest BCUT2D eigenvalue weighted by Gasteiger charge is 2.21. The van der Waals surface area contributed by atoms with Crippen molar-refractivity contribution in [1.82, 2.24) is 9.78 Å². The number of nitrogen functional groups attached to an aromatic ring is 1. The molecule has 0 fully saturated rings. The van der Waals surface area contributed by atoms with Crippen LogP contribution in [0.25, 0.3) is 0 Å². The lowest BCUT2D eigenvalue weighted by atomic mass is 10.2. The third-order valence-corrected chi connectivity index (χ3v) is 3.55. The van der Waals surface area contributed by atoms with Crippen LogP contribution in [0.5, 0.6) is 0 Å². The van der Waals surface area contributed by atoms with E-state index in [4.69, 9.17) is 28.9 Å². The van der Waals surface area contributed by atoms with Gasteiger partial charge in [-0.1, -0.05) is 30.1 Å². The van der Waals surface area contributed by atoms with Crippen LogP contribution in [0.1, 0.15) is 23.1 Å². The maximum Gasteiger partial charge on any atom is 0.276 e. The number of carbonyl (C=O) groups excluding carboxylic acids is 1. The smallest absolute Gasteiger partial charge is 0.276 e. The second kappa shape index (κ2) is 5.91. The van der Waals surface area contributed by atoms with Crippen LogP contribution in [0, 0.1) is 5.82 Å². The van der Waals surface area contributed by atoms with Gasteiger partial charge in [-0.3, -0.25) is 9.48 Å². The Hall–Kier alpha value is -1.79. The van der Waals surface area contributed by atoms with Crippen molar-refractivity contribution in [2.45, 2.75) is 13.3 Å². The highest BCUT2D eigenvalue weighted by Crippen LogP contribution is 2.32. The lowest BCUT2D eigenvalue weighted by Gasteiger charge is -2.10. The van der Waals surface area contributed by atoms with Gasteiger partial charge in [0.1, 0.15) is 11.5 Å². The number of hydrogen-bond donors (Lipinski definition) is 2. The Kier molecular flexibility index (Phi) is 4.39. The minimum atomic E-state index is -0.587. The molecule has 0 aliphatic carbocycles. The number of rotatable bonds is 3. The molecule has 1 amide bonds. The fourth-order valence-corrected chi connectivity index (χ4v) is 2.52. The summed E-state index contributed by atoms with van der Waals surface area (Å²) in [5.41, 5.74) is 7.15. The van der Waals surface area contributed by atoms with Crippen molar-refractivity contribution in [2.75, 3.05) is 11.1 Å². The SMILES string of the molecule is CCc1nn(C)c(C(=O)Nc2c(Cl)cc(F)cc2Cl)c1N. The van der Waals surface area contributed by atoms with Crippen molar-refractivity contribution in [3.8, 4) is 0 Å². The molecule has 1 heterocycles. The van der Waals surface area contributed by atoms with E-state index < -0.39 is 11.7 Å². The largest absolute Gasteiger partial charge is 0.395 e. The number of aromatic nitrogens is 2. The summed E-state index contributed by atoms with van der Waals surface area (Å²) in [6.45, 7) is 1.88. The van der Waals surface area contributed by atoms with E-state index in [-0.39, 0.29) is 21.4 Å². The molecule has 1 aromatic heterocycles. The lowest BCUT2D eigenvalue weighted by molar-refractivity contribution is 0.101. The van der Waals surface area contributed by atoms with E-state index in [0.717, 1.165) is 12.1 Å². The van der Waals surface area contributed by atoms with Gasteiger partial charge in [-0.15, -0.1) is 0 Å². The topological polar surface area (TPSA) is 72.9 Å². The molecule has 5 nitrogen and oxygen atoms in total. The number of halogens is 3. The lowest BCUT2D eigenvalue weighted by Crippen LogP contribution is -2.18. The molecule has 0 saturated carbocycles. The second-order valence-electron chi connectivity index (χ2n) is 4.38. The molecule has 3 N–H and O–H groups in total. The molecule has 0 aliphatic rings. The van der Waals surface area contributed by atoms with E-state index in [2.05, 4.69) is 10.4 Å². The van der Waals surface area contributed by atoms with Crippen LogP contribution >= 0.6 is 23.2 Å². The molecule has 0 atom stereocenters. The molecule has 112 valence electrons. The van der Waals surface area contributed by atoms with Gasteiger partial charge in [0, 0.05) is 7.05 Å². The molecular weight excluding hydrogens is 318 g/mol. The van der Waals surface area contributed by atoms with Crippen LogP contribution in [-0.4, -0.2) is 15.7 Å². The average molecular weight is 331 g/mol. The van der Waals surface area contributed by atoms with E-state index in [1.165, 1.54) is 4.68 Å². The van der Waals surface area contributed by atoms with Crippen LogP contribution in [0.4, 0.5) is 15.8 Å². The molecule has 2 aromatic rings. The van der Waals surface area contributed by atoms with E-state index in [1.54, 1.807) is 7.05 Å². The van der Waals surface area contributed by atoms with Gasteiger partial charge in [0.25, 0.3) is 5.91 Å². The molecule has 0 bridgehead atoms. The minimum Gasteiger partial charge on any atom is -0.395 e. The predicted octanol–water partition coefficient (Wildman–Crippen LogP) is 3.26. The van der Waals surface area contributed by atoms with Crippen LogP contribution in [-0.2, 0) is 13.5 Å². The number of nitrogens with zero attached hydrogens (tertiary/aromatic N) is 2. The van der Waals surface area contributed by atoms with Gasteiger partial charge >= 0.3 is 0 Å². The zero-order valence-corrected chi connectivity index (χ0v) is 12.9. The van der Waals surface area contributed by atoms with Crippen LogP contribution in [0.2, 0.25) is 10.0 Å². The second-order valence-corrected chi connectivity index (χ2v) is 5.20. The van der Waals surface area contributed by atoms with E-state index in [1.807, 2.05) is 6.92 Å². The fourth-order valence-electron chi connectivity index (χ4n) is 1.96. The number of nitrogens with two attached hydrogens (primary N) is 1. The molecule has 0 spiro atoms. The number of hydrogen-bond acceptors (Lipinski definition) is 3. The van der Waals surface area contributed by atoms with Crippen molar-refractivity contribution in [2.24, 2.45) is 7.05 Å². The van der Waals surface area contributed by atoms with E-state index in [9.17, 15) is 9.18 Å². The number of aryl methyl sites for hydroxylation is 2. The number of nitrogens with one attached hydrogen (secondary N) is 1. The monoisotopic (exact) mass is 330 g/mol. The van der Waals surface area contributed by atoms with Crippen LogP contribution in [0.3, 0.4) is 0 Å². The average Bonchev–Trinajstić information content (AvgIpc) is 2.68. The normalized spacial score (nSPS) is 10.7. The summed E-state index contributed by atoms with van der Waals surface area (Å²) >= 11 is 11.8. The molecule has 0 radical (unpaired) electrons. The highest BCUT2D eigenvalue weighted by atomic mass is 35.5. The number of amides is 1. The van der Waals surface area contributed by atoms with Crippen molar-refractivity contribution in [3.05, 3.63) is 39.4 Å². The molecule has 0 unspecified atom stereocenters. The fraction of sp³-hybridized carbons (Fsp3) is 0.231. The first-order chi connectivity index (χ1) is 9.85. The number of anilines is 2. The molecular formula is C13H13Cl2FN4O. The van der Waals surface area contributed by atoms with Crippen molar-refractivity contribution < 1.29 is 9.18 Å². The first-order valence-electron chi connectivity index (χ1n) is 6.12. The third kappa shape index (κ3) is 2.96. The summed E-state index contributed by atoms with van der Waals surface area (Å²) in [6.07, 6.45) is 0.602. The predicted molar refractivity (Wildman–Crippen MR) is 81.4 cm³/mol. The first kappa shape index (κ1) is 15.6. The van der Waals surface area contributed by atoms with Gasteiger partial charge in [-0.25, -0.2) is 4.39 Å². The third-order valence-electron chi connectivity index (χ3n) is 2.96. The molecule has 2 rings (SSSR count). The Morgan fingerprint density at radius 1 is 1.43 bits per heavy atom. The number of benzene rings is 1. The van der Waals surface area contributed by atoms with Crippen molar-refractivity contribution in [3.63, 3.8) is 0 Å². The maximum atomic E-state index is 13.1. The maximum absolute atomic E-state index is 13.1. The molecule has 8 heteroatoms.